The number of esters is 1. The molecule has 2 heterocycles. The van der Waals surface area contributed by atoms with Gasteiger partial charge in [-0.25, -0.2) is 9.78 Å². The number of alkyl halides is 3. The fourth-order valence-electron chi connectivity index (χ4n) is 2.56. The summed E-state index contributed by atoms with van der Waals surface area (Å²) in [6.45, 7) is 1.68. The van der Waals surface area contributed by atoms with Crippen LogP contribution in [-0.4, -0.2) is 27.9 Å². The number of anilines is 1. The summed E-state index contributed by atoms with van der Waals surface area (Å²) in [5, 5.41) is 2.36. The van der Waals surface area contributed by atoms with Gasteiger partial charge in [0, 0.05) is 6.20 Å². The molecule has 27 heavy (non-hydrogen) atoms. The van der Waals surface area contributed by atoms with E-state index in [1.165, 1.54) is 22.7 Å². The van der Waals surface area contributed by atoms with Gasteiger partial charge in [0.25, 0.3) is 5.91 Å². The highest BCUT2D eigenvalue weighted by Crippen LogP contribution is 2.32. The summed E-state index contributed by atoms with van der Waals surface area (Å²) in [5.74, 6) is -1.87. The van der Waals surface area contributed by atoms with Crippen LogP contribution in [0.4, 0.5) is 19.0 Å². The van der Waals surface area contributed by atoms with Crippen molar-refractivity contribution >= 4 is 23.3 Å². The number of aromatic nitrogens is 2. The molecule has 6 nitrogen and oxygen atoms in total. The summed E-state index contributed by atoms with van der Waals surface area (Å²) in [6, 6.07) is 9.27. The third kappa shape index (κ3) is 3.62. The zero-order chi connectivity index (χ0) is 19.6. The van der Waals surface area contributed by atoms with E-state index < -0.39 is 29.2 Å². The first-order chi connectivity index (χ1) is 12.8. The molecule has 9 heteroatoms. The lowest BCUT2D eigenvalue weighted by Crippen LogP contribution is -2.21. The summed E-state index contributed by atoms with van der Waals surface area (Å²) in [5.41, 5.74) is -1.50. The summed E-state index contributed by atoms with van der Waals surface area (Å²) >= 11 is 0. The number of halogens is 3. The van der Waals surface area contributed by atoms with Crippen molar-refractivity contribution in [1.82, 2.24) is 9.38 Å². The number of hydrogen-bond acceptors (Lipinski definition) is 4. The third-order valence-electron chi connectivity index (χ3n) is 3.71. The van der Waals surface area contributed by atoms with E-state index in [-0.39, 0.29) is 18.1 Å². The molecule has 0 fully saturated rings. The van der Waals surface area contributed by atoms with Gasteiger partial charge in [0.05, 0.1) is 17.7 Å². The van der Waals surface area contributed by atoms with Gasteiger partial charge in [-0.15, -0.1) is 0 Å². The summed E-state index contributed by atoms with van der Waals surface area (Å²) in [6.07, 6.45) is -3.17. The summed E-state index contributed by atoms with van der Waals surface area (Å²) in [7, 11) is 0. The Labute approximate surface area is 151 Å². The van der Waals surface area contributed by atoms with Crippen LogP contribution in [0, 0.1) is 0 Å². The number of hydrogen-bond donors (Lipinski definition) is 1. The zero-order valence-electron chi connectivity index (χ0n) is 14.1. The number of nitrogens with zero attached hydrogens (tertiary/aromatic N) is 2. The highest BCUT2D eigenvalue weighted by Gasteiger charge is 2.35. The molecule has 0 saturated heterocycles. The zero-order valence-corrected chi connectivity index (χ0v) is 14.1. The lowest BCUT2D eigenvalue weighted by atomic mass is 10.1. The van der Waals surface area contributed by atoms with Crippen LogP contribution in [0.15, 0.2) is 48.7 Å². The molecule has 0 spiro atoms. The smallest absolute Gasteiger partial charge is 0.417 e. The topological polar surface area (TPSA) is 72.7 Å². The minimum Gasteiger partial charge on any atom is -0.461 e. The number of nitrogens with one attached hydrogen (secondary N) is 1. The second-order valence-corrected chi connectivity index (χ2v) is 5.46. The van der Waals surface area contributed by atoms with Gasteiger partial charge >= 0.3 is 12.1 Å². The van der Waals surface area contributed by atoms with E-state index in [1.807, 2.05) is 0 Å². The molecule has 1 aromatic carbocycles. The minimum atomic E-state index is -4.70. The number of rotatable bonds is 4. The van der Waals surface area contributed by atoms with Gasteiger partial charge in [-0.3, -0.25) is 9.20 Å². The molecule has 0 aliphatic heterocycles. The first kappa shape index (κ1) is 18.4. The average Bonchev–Trinajstić information content (AvgIpc) is 3.00. The molecular formula is C18H14F3N3O3. The van der Waals surface area contributed by atoms with Crippen molar-refractivity contribution < 1.29 is 27.5 Å². The van der Waals surface area contributed by atoms with E-state index in [0.29, 0.717) is 5.65 Å². The quantitative estimate of drug-likeness (QED) is 0.703. The van der Waals surface area contributed by atoms with Gasteiger partial charge in [-0.05, 0) is 31.2 Å². The van der Waals surface area contributed by atoms with Gasteiger partial charge in [0.1, 0.15) is 5.65 Å². The van der Waals surface area contributed by atoms with Gasteiger partial charge in [-0.1, -0.05) is 18.2 Å². The fourth-order valence-corrected chi connectivity index (χ4v) is 2.56. The number of amides is 1. The maximum Gasteiger partial charge on any atom is 0.417 e. The van der Waals surface area contributed by atoms with Crippen molar-refractivity contribution in [2.45, 2.75) is 13.1 Å². The van der Waals surface area contributed by atoms with E-state index in [1.54, 1.807) is 25.1 Å². The Morgan fingerprint density at radius 1 is 1.15 bits per heavy atom. The van der Waals surface area contributed by atoms with Crippen LogP contribution in [0.1, 0.15) is 33.3 Å². The maximum absolute atomic E-state index is 13.2. The van der Waals surface area contributed by atoms with Crippen molar-refractivity contribution in [1.29, 1.82) is 0 Å². The Hall–Kier alpha value is -3.36. The molecule has 140 valence electrons. The van der Waals surface area contributed by atoms with E-state index in [4.69, 9.17) is 4.74 Å². The number of carbonyl (C=O) groups is 2. The van der Waals surface area contributed by atoms with Gasteiger partial charge in [0.15, 0.2) is 11.5 Å². The number of carbonyl (C=O) groups excluding carboxylic acids is 2. The molecule has 0 saturated carbocycles. The first-order valence-corrected chi connectivity index (χ1v) is 7.94. The van der Waals surface area contributed by atoms with Gasteiger partial charge in [-0.2, -0.15) is 13.2 Å². The molecule has 3 rings (SSSR count). The predicted octanol–water partition coefficient (Wildman–Crippen LogP) is 3.78. The molecule has 0 bridgehead atoms. The molecule has 0 aliphatic rings. The van der Waals surface area contributed by atoms with Crippen LogP contribution in [0.5, 0.6) is 0 Å². The van der Waals surface area contributed by atoms with E-state index in [2.05, 4.69) is 10.3 Å². The Morgan fingerprint density at radius 2 is 1.85 bits per heavy atom. The third-order valence-corrected chi connectivity index (χ3v) is 3.71. The second-order valence-electron chi connectivity index (χ2n) is 5.46. The number of fused-ring (bicyclic) bond motifs is 1. The van der Waals surface area contributed by atoms with Crippen molar-refractivity contribution in [2.75, 3.05) is 11.9 Å². The minimum absolute atomic E-state index is 0.0639. The average molecular weight is 377 g/mol. The van der Waals surface area contributed by atoms with Crippen LogP contribution in [0.2, 0.25) is 0 Å². The number of ether oxygens (including phenoxy) is 1. The van der Waals surface area contributed by atoms with Crippen LogP contribution < -0.4 is 5.32 Å². The van der Waals surface area contributed by atoms with E-state index in [9.17, 15) is 22.8 Å². The van der Waals surface area contributed by atoms with Crippen LogP contribution in [-0.2, 0) is 10.9 Å². The largest absolute Gasteiger partial charge is 0.461 e. The summed E-state index contributed by atoms with van der Waals surface area (Å²) in [4.78, 5) is 28.8. The van der Waals surface area contributed by atoms with Crippen LogP contribution in [0.3, 0.4) is 0 Å². The monoisotopic (exact) mass is 377 g/mol. The first-order valence-electron chi connectivity index (χ1n) is 7.94. The normalized spacial score (nSPS) is 11.4. The Balaban J connectivity index is 2.06. The van der Waals surface area contributed by atoms with Crippen LogP contribution in [0.25, 0.3) is 5.65 Å². The predicted molar refractivity (Wildman–Crippen MR) is 90.5 cm³/mol. The Morgan fingerprint density at radius 3 is 2.56 bits per heavy atom. The fraction of sp³-hybridized carbons (Fsp3) is 0.167. The highest BCUT2D eigenvalue weighted by atomic mass is 19.4. The van der Waals surface area contributed by atoms with Crippen molar-refractivity contribution in [3.05, 3.63) is 65.5 Å². The molecule has 0 radical (unpaired) electrons. The van der Waals surface area contributed by atoms with Crippen molar-refractivity contribution in [2.24, 2.45) is 0 Å². The van der Waals surface area contributed by atoms with Crippen molar-refractivity contribution in [3.8, 4) is 0 Å². The Kier molecular flexibility index (Phi) is 4.85. The lowest BCUT2D eigenvalue weighted by Gasteiger charge is -2.13. The van der Waals surface area contributed by atoms with Crippen LogP contribution >= 0.6 is 0 Å². The molecule has 1 N–H and O–H groups in total. The number of benzene rings is 1. The molecule has 1 amide bonds. The van der Waals surface area contributed by atoms with Crippen molar-refractivity contribution in [3.63, 3.8) is 0 Å². The standard InChI is InChI=1S/C18H14F3N3O3/c1-2-27-17(26)14-15(24-10-6-5-9-13(24)22-14)23-16(25)11-7-3-4-8-12(11)18(19,20)21/h3-10H,2H2,1H3,(H,23,25). The summed E-state index contributed by atoms with van der Waals surface area (Å²) < 4.78 is 45.8. The molecule has 3 aromatic rings. The van der Waals surface area contributed by atoms with Gasteiger partial charge < -0.3 is 10.1 Å². The molecule has 0 unspecified atom stereocenters. The molecular weight excluding hydrogens is 363 g/mol. The SMILES string of the molecule is CCOC(=O)c1nc2ccccn2c1NC(=O)c1ccccc1C(F)(F)F. The molecule has 0 atom stereocenters. The highest BCUT2D eigenvalue weighted by molar-refractivity contribution is 6.08. The molecule has 2 aromatic heterocycles. The number of imidazole rings is 1. The molecule has 0 aliphatic carbocycles. The second kappa shape index (κ2) is 7.10. The van der Waals surface area contributed by atoms with Gasteiger partial charge in [0.2, 0.25) is 0 Å². The van der Waals surface area contributed by atoms with E-state index in [0.717, 1.165) is 12.1 Å². The lowest BCUT2D eigenvalue weighted by molar-refractivity contribution is -0.137. The number of pyridine rings is 1. The Bertz CT molecular complexity index is 1010. The maximum atomic E-state index is 13.2. The van der Waals surface area contributed by atoms with E-state index >= 15 is 0 Å².